The van der Waals surface area contributed by atoms with Crippen LogP contribution in [0.3, 0.4) is 0 Å². The Balaban J connectivity index is 1.88. The van der Waals surface area contributed by atoms with Crippen molar-refractivity contribution in [1.29, 1.82) is 0 Å². The van der Waals surface area contributed by atoms with Gasteiger partial charge in [-0.25, -0.2) is 5.10 Å². The largest absolute Gasteiger partial charge is 0.395 e. The van der Waals surface area contributed by atoms with Crippen LogP contribution < -0.4 is 10.6 Å². The number of aliphatic hydroxyl groups excluding tert-OH is 1. The van der Waals surface area contributed by atoms with Gasteiger partial charge in [-0.1, -0.05) is 0 Å². The average Bonchev–Trinajstić information content (AvgIpc) is 2.67. The Morgan fingerprint density at radius 2 is 2.07 bits per heavy atom. The number of nitrogens with zero attached hydrogens (tertiary/aromatic N) is 4. The molecule has 0 aliphatic carbocycles. The molecule has 1 saturated heterocycles. The van der Waals surface area contributed by atoms with E-state index in [2.05, 4.69) is 25.0 Å². The Kier molecular flexibility index (Phi) is 3.02. The molecule has 2 heterocycles. The summed E-state index contributed by atoms with van der Waals surface area (Å²) in [6, 6.07) is 0. The van der Waals surface area contributed by atoms with Gasteiger partial charge in [-0.05, 0) is 0 Å². The standard InChI is InChI=1S/C8H16N6O/c9-7-10-8(12-11-7)14-3-1-13(2-4-14)5-6-15/h15H,1-6H2,(H3,9,10,11,12). The minimum absolute atomic E-state index is 0.216. The van der Waals surface area contributed by atoms with Crippen molar-refractivity contribution in [3.63, 3.8) is 0 Å². The first-order valence-electron chi connectivity index (χ1n) is 5.05. The van der Waals surface area contributed by atoms with E-state index in [0.29, 0.717) is 11.9 Å². The molecule has 1 aromatic heterocycles. The molecule has 0 radical (unpaired) electrons. The quantitative estimate of drug-likeness (QED) is 0.564. The molecule has 0 spiro atoms. The van der Waals surface area contributed by atoms with E-state index in [1.54, 1.807) is 0 Å². The van der Waals surface area contributed by atoms with Crippen LogP contribution in [-0.4, -0.2) is 64.5 Å². The first-order valence-corrected chi connectivity index (χ1v) is 5.05. The highest BCUT2D eigenvalue weighted by molar-refractivity contribution is 5.34. The minimum atomic E-state index is 0.216. The first-order chi connectivity index (χ1) is 7.29. The van der Waals surface area contributed by atoms with E-state index in [-0.39, 0.29) is 6.61 Å². The molecule has 0 unspecified atom stereocenters. The second-order valence-electron chi connectivity index (χ2n) is 3.57. The van der Waals surface area contributed by atoms with Gasteiger partial charge < -0.3 is 15.7 Å². The van der Waals surface area contributed by atoms with Crippen molar-refractivity contribution >= 4 is 11.9 Å². The van der Waals surface area contributed by atoms with Gasteiger partial charge in [-0.2, -0.15) is 4.98 Å². The Morgan fingerprint density at radius 3 is 2.60 bits per heavy atom. The fraction of sp³-hybridized carbons (Fsp3) is 0.750. The van der Waals surface area contributed by atoms with E-state index in [1.807, 2.05) is 0 Å². The van der Waals surface area contributed by atoms with Gasteiger partial charge in [-0.15, -0.1) is 5.10 Å². The fourth-order valence-electron chi connectivity index (χ4n) is 1.72. The molecule has 1 fully saturated rings. The van der Waals surface area contributed by atoms with Crippen molar-refractivity contribution in [2.75, 3.05) is 50.0 Å². The highest BCUT2D eigenvalue weighted by Crippen LogP contribution is 2.10. The molecule has 2 rings (SSSR count). The molecule has 0 atom stereocenters. The number of nitrogens with two attached hydrogens (primary N) is 1. The number of rotatable bonds is 3. The van der Waals surface area contributed by atoms with Gasteiger partial charge in [-0.3, -0.25) is 4.90 Å². The monoisotopic (exact) mass is 212 g/mol. The predicted octanol–water partition coefficient (Wildman–Crippen LogP) is -1.50. The number of H-pyrrole nitrogens is 1. The van der Waals surface area contributed by atoms with E-state index >= 15 is 0 Å². The molecule has 0 aromatic carbocycles. The molecule has 84 valence electrons. The highest BCUT2D eigenvalue weighted by Gasteiger charge is 2.19. The highest BCUT2D eigenvalue weighted by atomic mass is 16.3. The van der Waals surface area contributed by atoms with Crippen molar-refractivity contribution in [2.24, 2.45) is 0 Å². The second-order valence-corrected chi connectivity index (χ2v) is 3.57. The number of aromatic nitrogens is 3. The molecule has 0 saturated carbocycles. The van der Waals surface area contributed by atoms with Crippen LogP contribution >= 0.6 is 0 Å². The van der Waals surface area contributed by atoms with Crippen molar-refractivity contribution in [3.8, 4) is 0 Å². The third-order valence-electron chi connectivity index (χ3n) is 2.56. The molecule has 4 N–H and O–H groups in total. The van der Waals surface area contributed by atoms with Crippen LogP contribution in [0.1, 0.15) is 0 Å². The number of aromatic amines is 1. The van der Waals surface area contributed by atoms with Gasteiger partial charge in [0.1, 0.15) is 0 Å². The van der Waals surface area contributed by atoms with E-state index in [9.17, 15) is 0 Å². The summed E-state index contributed by atoms with van der Waals surface area (Å²) in [6.45, 7) is 4.55. The summed E-state index contributed by atoms with van der Waals surface area (Å²) < 4.78 is 0. The van der Waals surface area contributed by atoms with Crippen molar-refractivity contribution in [2.45, 2.75) is 0 Å². The molecule has 1 aromatic rings. The number of hydrogen-bond donors (Lipinski definition) is 3. The normalized spacial score (nSPS) is 18.3. The smallest absolute Gasteiger partial charge is 0.246 e. The summed E-state index contributed by atoms with van der Waals surface area (Å²) in [5.41, 5.74) is 5.46. The molecular formula is C8H16N6O. The van der Waals surface area contributed by atoms with Crippen LogP contribution in [0.4, 0.5) is 11.9 Å². The minimum Gasteiger partial charge on any atom is -0.395 e. The van der Waals surface area contributed by atoms with Crippen LogP contribution in [0.15, 0.2) is 0 Å². The predicted molar refractivity (Wildman–Crippen MR) is 56.5 cm³/mol. The lowest BCUT2D eigenvalue weighted by Crippen LogP contribution is -2.47. The zero-order valence-corrected chi connectivity index (χ0v) is 8.56. The molecular weight excluding hydrogens is 196 g/mol. The Morgan fingerprint density at radius 1 is 1.33 bits per heavy atom. The Bertz CT molecular complexity index is 306. The summed E-state index contributed by atoms with van der Waals surface area (Å²) in [5, 5.41) is 15.4. The maximum atomic E-state index is 8.80. The molecule has 15 heavy (non-hydrogen) atoms. The summed E-state index contributed by atoms with van der Waals surface area (Å²) >= 11 is 0. The molecule has 7 nitrogen and oxygen atoms in total. The van der Waals surface area contributed by atoms with E-state index in [1.165, 1.54) is 0 Å². The third kappa shape index (κ3) is 2.37. The topological polar surface area (TPSA) is 94.3 Å². The van der Waals surface area contributed by atoms with Crippen LogP contribution in [0, 0.1) is 0 Å². The number of piperazine rings is 1. The van der Waals surface area contributed by atoms with Crippen LogP contribution in [0.25, 0.3) is 0 Å². The van der Waals surface area contributed by atoms with Gasteiger partial charge in [0.05, 0.1) is 6.61 Å². The molecule has 0 bridgehead atoms. The molecule has 1 aliphatic heterocycles. The lowest BCUT2D eigenvalue weighted by atomic mass is 10.3. The van der Waals surface area contributed by atoms with Crippen LogP contribution in [-0.2, 0) is 0 Å². The van der Waals surface area contributed by atoms with Gasteiger partial charge in [0.15, 0.2) is 0 Å². The average molecular weight is 212 g/mol. The number of anilines is 2. The van der Waals surface area contributed by atoms with Gasteiger partial charge in [0.25, 0.3) is 0 Å². The van der Waals surface area contributed by atoms with Crippen molar-refractivity contribution < 1.29 is 5.11 Å². The van der Waals surface area contributed by atoms with Gasteiger partial charge in [0.2, 0.25) is 11.9 Å². The second kappa shape index (κ2) is 4.45. The summed E-state index contributed by atoms with van der Waals surface area (Å²) in [6.07, 6.45) is 0. The van der Waals surface area contributed by atoms with Gasteiger partial charge >= 0.3 is 0 Å². The SMILES string of the molecule is Nc1nc(N2CCN(CCO)CC2)n[nH]1. The zero-order chi connectivity index (χ0) is 10.7. The van der Waals surface area contributed by atoms with Crippen LogP contribution in [0.5, 0.6) is 0 Å². The molecule has 7 heteroatoms. The number of aliphatic hydroxyl groups is 1. The van der Waals surface area contributed by atoms with Crippen molar-refractivity contribution in [1.82, 2.24) is 20.1 Å². The Hall–Kier alpha value is -1.34. The van der Waals surface area contributed by atoms with Crippen LogP contribution in [0.2, 0.25) is 0 Å². The fourth-order valence-corrected chi connectivity index (χ4v) is 1.72. The number of nitrogen functional groups attached to an aromatic ring is 1. The van der Waals surface area contributed by atoms with E-state index in [4.69, 9.17) is 10.8 Å². The maximum Gasteiger partial charge on any atom is 0.246 e. The number of hydrogen-bond acceptors (Lipinski definition) is 6. The van der Waals surface area contributed by atoms with Crippen molar-refractivity contribution in [3.05, 3.63) is 0 Å². The zero-order valence-electron chi connectivity index (χ0n) is 8.56. The lowest BCUT2D eigenvalue weighted by molar-refractivity contribution is 0.188. The summed E-state index contributed by atoms with van der Waals surface area (Å²) in [5.74, 6) is 1.01. The maximum absolute atomic E-state index is 8.80. The summed E-state index contributed by atoms with van der Waals surface area (Å²) in [7, 11) is 0. The number of β-amino-alcohol motifs (C(OH)–C–C–N with tert-alkyl or cyclic N) is 1. The molecule has 0 amide bonds. The first kappa shape index (κ1) is 10.2. The number of nitrogens with one attached hydrogen (secondary N) is 1. The van der Waals surface area contributed by atoms with E-state index in [0.717, 1.165) is 32.7 Å². The van der Waals surface area contributed by atoms with E-state index < -0.39 is 0 Å². The third-order valence-corrected chi connectivity index (χ3v) is 2.56. The summed E-state index contributed by atoms with van der Waals surface area (Å²) in [4.78, 5) is 8.37. The molecule has 1 aliphatic rings. The van der Waals surface area contributed by atoms with Gasteiger partial charge in [0, 0.05) is 32.7 Å². The Labute approximate surface area is 87.9 Å². The lowest BCUT2D eigenvalue weighted by Gasteiger charge is -2.33.